The van der Waals surface area contributed by atoms with E-state index in [-0.39, 0.29) is 18.2 Å². The molecular formula is C19H23N3O2. The van der Waals surface area contributed by atoms with E-state index in [2.05, 4.69) is 27.8 Å². The number of pyridine rings is 1. The second-order valence-corrected chi connectivity index (χ2v) is 5.96. The largest absolute Gasteiger partial charge is 0.373 e. The molecule has 0 spiro atoms. The first-order valence-corrected chi connectivity index (χ1v) is 8.42. The third kappa shape index (κ3) is 4.80. The Morgan fingerprint density at radius 3 is 2.79 bits per heavy atom. The molecule has 2 atom stereocenters. The average Bonchev–Trinajstić information content (AvgIpc) is 2.63. The molecule has 24 heavy (non-hydrogen) atoms. The lowest BCUT2D eigenvalue weighted by molar-refractivity contribution is 0.00227. The molecule has 2 N–H and O–H groups in total. The topological polar surface area (TPSA) is 63.2 Å². The van der Waals surface area contributed by atoms with E-state index in [1.54, 1.807) is 6.20 Å². The molecule has 1 aliphatic rings. The molecule has 0 saturated carbocycles. The van der Waals surface area contributed by atoms with Gasteiger partial charge in [0.2, 0.25) is 0 Å². The van der Waals surface area contributed by atoms with Crippen molar-refractivity contribution in [3.05, 3.63) is 66.0 Å². The van der Waals surface area contributed by atoms with Crippen LogP contribution in [0.1, 0.15) is 30.2 Å². The van der Waals surface area contributed by atoms with E-state index < -0.39 is 0 Å². The van der Waals surface area contributed by atoms with Crippen molar-refractivity contribution < 1.29 is 9.53 Å². The summed E-state index contributed by atoms with van der Waals surface area (Å²) >= 11 is 0. The third-order valence-corrected chi connectivity index (χ3v) is 4.18. The van der Waals surface area contributed by atoms with Crippen molar-refractivity contribution in [3.8, 4) is 0 Å². The predicted molar refractivity (Wildman–Crippen MR) is 92.6 cm³/mol. The minimum absolute atomic E-state index is 0.0544. The second-order valence-electron chi connectivity index (χ2n) is 5.96. The van der Waals surface area contributed by atoms with Gasteiger partial charge in [-0.2, -0.15) is 0 Å². The number of ether oxygens (including phenoxy) is 1. The van der Waals surface area contributed by atoms with Crippen molar-refractivity contribution in [1.29, 1.82) is 0 Å². The molecule has 1 aromatic carbocycles. The lowest BCUT2D eigenvalue weighted by atomic mass is 9.97. The highest BCUT2D eigenvalue weighted by Crippen LogP contribution is 2.27. The van der Waals surface area contributed by atoms with Crippen molar-refractivity contribution in [2.24, 2.45) is 0 Å². The van der Waals surface area contributed by atoms with Crippen molar-refractivity contribution in [3.63, 3.8) is 0 Å². The zero-order chi connectivity index (χ0) is 16.6. The van der Waals surface area contributed by atoms with Crippen LogP contribution in [0.5, 0.6) is 0 Å². The Labute approximate surface area is 142 Å². The Balaban J connectivity index is 1.42. The molecule has 5 nitrogen and oxygen atoms in total. The van der Waals surface area contributed by atoms with Gasteiger partial charge >= 0.3 is 6.03 Å². The highest BCUT2D eigenvalue weighted by molar-refractivity contribution is 5.74. The third-order valence-electron chi connectivity index (χ3n) is 4.18. The molecule has 126 valence electrons. The van der Waals surface area contributed by atoms with Gasteiger partial charge < -0.3 is 15.4 Å². The lowest BCUT2D eigenvalue weighted by Gasteiger charge is -2.30. The zero-order valence-corrected chi connectivity index (χ0v) is 13.7. The number of amides is 2. The van der Waals surface area contributed by atoms with Crippen LogP contribution in [0, 0.1) is 0 Å². The van der Waals surface area contributed by atoms with Crippen molar-refractivity contribution in [2.45, 2.75) is 31.4 Å². The summed E-state index contributed by atoms with van der Waals surface area (Å²) in [5, 5.41) is 5.96. The summed E-state index contributed by atoms with van der Waals surface area (Å²) in [5.41, 5.74) is 2.15. The van der Waals surface area contributed by atoms with Gasteiger partial charge in [-0.05, 0) is 30.5 Å². The van der Waals surface area contributed by atoms with Crippen LogP contribution >= 0.6 is 0 Å². The minimum Gasteiger partial charge on any atom is -0.373 e. The summed E-state index contributed by atoms with van der Waals surface area (Å²) in [6.45, 7) is 1.24. The van der Waals surface area contributed by atoms with E-state index in [4.69, 9.17) is 4.74 Å². The van der Waals surface area contributed by atoms with Crippen LogP contribution in [0.3, 0.4) is 0 Å². The maximum absolute atomic E-state index is 12.1. The van der Waals surface area contributed by atoms with Crippen LogP contribution in [0.15, 0.2) is 54.7 Å². The maximum Gasteiger partial charge on any atom is 0.315 e. The van der Waals surface area contributed by atoms with Crippen molar-refractivity contribution in [1.82, 2.24) is 15.6 Å². The number of nitrogens with zero attached hydrogens (tertiary/aromatic N) is 1. The molecule has 3 rings (SSSR count). The lowest BCUT2D eigenvalue weighted by Crippen LogP contribution is -2.45. The molecule has 0 bridgehead atoms. The highest BCUT2D eigenvalue weighted by atomic mass is 16.5. The Morgan fingerprint density at radius 2 is 2.00 bits per heavy atom. The molecule has 0 radical (unpaired) electrons. The predicted octanol–water partition coefficient (Wildman–Crippen LogP) is 2.84. The number of urea groups is 1. The van der Waals surface area contributed by atoms with Crippen LogP contribution < -0.4 is 10.6 Å². The Kier molecular flexibility index (Phi) is 5.80. The van der Waals surface area contributed by atoms with Gasteiger partial charge in [0.25, 0.3) is 0 Å². The first-order chi connectivity index (χ1) is 11.8. The SMILES string of the molecule is O=C(NCCc1ccccn1)N[C@H]1CCO[C@@H](c2ccccc2)C1. The molecule has 2 aromatic rings. The zero-order valence-electron chi connectivity index (χ0n) is 13.7. The Hall–Kier alpha value is -2.40. The van der Waals surface area contributed by atoms with E-state index in [1.807, 2.05) is 36.4 Å². The van der Waals surface area contributed by atoms with Crippen LogP contribution in [-0.2, 0) is 11.2 Å². The first-order valence-electron chi connectivity index (χ1n) is 8.42. The quantitative estimate of drug-likeness (QED) is 0.888. The van der Waals surface area contributed by atoms with Crippen LogP contribution in [0.25, 0.3) is 0 Å². The number of hydrogen-bond donors (Lipinski definition) is 2. The molecule has 5 heteroatoms. The standard InChI is InChI=1S/C19H23N3O2/c23-19(21-12-9-16-8-4-5-11-20-16)22-17-10-13-24-18(14-17)15-6-2-1-3-7-15/h1-8,11,17-18H,9-10,12-14H2,(H2,21,22,23)/t17-,18+/m0/s1. The van der Waals surface area contributed by atoms with E-state index in [0.29, 0.717) is 13.2 Å². The Morgan fingerprint density at radius 1 is 1.17 bits per heavy atom. The Bertz CT molecular complexity index is 634. The van der Waals surface area contributed by atoms with Gasteiger partial charge in [0.05, 0.1) is 6.10 Å². The summed E-state index contributed by atoms with van der Waals surface area (Å²) < 4.78 is 5.83. The number of benzene rings is 1. The van der Waals surface area contributed by atoms with E-state index >= 15 is 0 Å². The molecule has 0 aliphatic carbocycles. The number of carbonyl (C=O) groups is 1. The molecule has 2 amide bonds. The summed E-state index contributed by atoms with van der Waals surface area (Å²) in [5.74, 6) is 0. The van der Waals surface area contributed by atoms with Crippen molar-refractivity contribution >= 4 is 6.03 Å². The van der Waals surface area contributed by atoms with Gasteiger partial charge in [-0.3, -0.25) is 4.98 Å². The van der Waals surface area contributed by atoms with Gasteiger partial charge in [0.15, 0.2) is 0 Å². The van der Waals surface area contributed by atoms with Crippen molar-refractivity contribution in [2.75, 3.05) is 13.2 Å². The van der Waals surface area contributed by atoms with Gasteiger partial charge in [-0.1, -0.05) is 36.4 Å². The van der Waals surface area contributed by atoms with Gasteiger partial charge in [-0.15, -0.1) is 0 Å². The normalized spacial score (nSPS) is 20.3. The molecule has 1 aliphatic heterocycles. The summed E-state index contributed by atoms with van der Waals surface area (Å²) in [6, 6.07) is 16.0. The molecule has 1 saturated heterocycles. The number of rotatable bonds is 5. The van der Waals surface area contributed by atoms with Crippen LogP contribution in [-0.4, -0.2) is 30.2 Å². The summed E-state index contributed by atoms with van der Waals surface area (Å²) in [4.78, 5) is 16.3. The molecule has 0 unspecified atom stereocenters. The van der Waals surface area contributed by atoms with Crippen LogP contribution in [0.2, 0.25) is 0 Å². The number of aromatic nitrogens is 1. The number of nitrogens with one attached hydrogen (secondary N) is 2. The van der Waals surface area contributed by atoms with Gasteiger partial charge in [0, 0.05) is 37.5 Å². The summed E-state index contributed by atoms with van der Waals surface area (Å²) in [7, 11) is 0. The maximum atomic E-state index is 12.1. The fourth-order valence-corrected chi connectivity index (χ4v) is 2.91. The second kappa shape index (κ2) is 8.45. The molecule has 2 heterocycles. The van der Waals surface area contributed by atoms with Gasteiger partial charge in [-0.25, -0.2) is 4.79 Å². The van der Waals surface area contributed by atoms with E-state index in [1.165, 1.54) is 5.56 Å². The molecule has 1 fully saturated rings. The fourth-order valence-electron chi connectivity index (χ4n) is 2.91. The molecular weight excluding hydrogens is 302 g/mol. The monoisotopic (exact) mass is 325 g/mol. The smallest absolute Gasteiger partial charge is 0.315 e. The minimum atomic E-state index is -0.121. The number of hydrogen-bond acceptors (Lipinski definition) is 3. The average molecular weight is 325 g/mol. The number of carbonyl (C=O) groups excluding carboxylic acids is 1. The highest BCUT2D eigenvalue weighted by Gasteiger charge is 2.24. The fraction of sp³-hybridized carbons (Fsp3) is 0.368. The first kappa shape index (κ1) is 16.5. The van der Waals surface area contributed by atoms with Crippen LogP contribution in [0.4, 0.5) is 4.79 Å². The van der Waals surface area contributed by atoms with Gasteiger partial charge in [0.1, 0.15) is 0 Å². The molecule has 1 aromatic heterocycles. The van der Waals surface area contributed by atoms with E-state index in [9.17, 15) is 4.79 Å². The summed E-state index contributed by atoms with van der Waals surface area (Å²) in [6.07, 6.45) is 4.20. The van der Waals surface area contributed by atoms with E-state index in [0.717, 1.165) is 25.0 Å².